The topological polar surface area (TPSA) is 75.9 Å². The quantitative estimate of drug-likeness (QED) is 0.941. The van der Waals surface area contributed by atoms with Gasteiger partial charge in [-0.2, -0.15) is 0 Å². The van der Waals surface area contributed by atoms with Gasteiger partial charge in [0, 0.05) is 17.6 Å². The van der Waals surface area contributed by atoms with Crippen molar-refractivity contribution in [2.75, 3.05) is 11.9 Å². The van der Waals surface area contributed by atoms with E-state index < -0.39 is 0 Å². The standard InChI is InChI=1S/C13H18N6OS/c1-9-10(2)21-12(15-9)16-13(20)19-6-3-4-11(19)8-18-7-5-14-17-18/h5,7,11H,3-4,6,8H2,1-2H3,(H,15,16,20)/t11-/m0/s1. The number of rotatable bonds is 3. The maximum absolute atomic E-state index is 12.4. The first-order chi connectivity index (χ1) is 10.1. The molecular formula is C13H18N6OS. The zero-order chi connectivity index (χ0) is 14.8. The van der Waals surface area contributed by atoms with Crippen LogP contribution in [0.15, 0.2) is 12.4 Å². The molecule has 1 fully saturated rings. The van der Waals surface area contributed by atoms with Crippen molar-refractivity contribution in [3.8, 4) is 0 Å². The van der Waals surface area contributed by atoms with Gasteiger partial charge in [0.15, 0.2) is 5.13 Å². The van der Waals surface area contributed by atoms with Gasteiger partial charge in [-0.15, -0.1) is 16.4 Å². The van der Waals surface area contributed by atoms with Crippen LogP contribution in [0, 0.1) is 13.8 Å². The van der Waals surface area contributed by atoms with Gasteiger partial charge in [0.1, 0.15) is 0 Å². The van der Waals surface area contributed by atoms with Gasteiger partial charge in [-0.05, 0) is 26.7 Å². The van der Waals surface area contributed by atoms with Crippen LogP contribution < -0.4 is 5.32 Å². The zero-order valence-corrected chi connectivity index (χ0v) is 12.9. The van der Waals surface area contributed by atoms with Gasteiger partial charge in [-0.3, -0.25) is 10.00 Å². The van der Waals surface area contributed by atoms with Gasteiger partial charge in [0.25, 0.3) is 0 Å². The SMILES string of the molecule is Cc1nc(NC(=O)N2CCC[C@H]2Cn2ccnn2)sc1C. The molecule has 2 aromatic rings. The molecule has 1 aliphatic heterocycles. The van der Waals surface area contributed by atoms with E-state index in [2.05, 4.69) is 20.6 Å². The second-order valence-electron chi connectivity index (χ2n) is 5.21. The molecule has 1 saturated heterocycles. The summed E-state index contributed by atoms with van der Waals surface area (Å²) < 4.78 is 1.77. The van der Waals surface area contributed by atoms with Crippen LogP contribution in [-0.2, 0) is 6.54 Å². The molecule has 8 heteroatoms. The fraction of sp³-hybridized carbons (Fsp3) is 0.538. The van der Waals surface area contributed by atoms with E-state index in [1.807, 2.05) is 24.9 Å². The maximum atomic E-state index is 12.4. The van der Waals surface area contributed by atoms with Crippen molar-refractivity contribution in [2.24, 2.45) is 0 Å². The van der Waals surface area contributed by atoms with Crippen LogP contribution in [0.3, 0.4) is 0 Å². The number of nitrogens with zero attached hydrogens (tertiary/aromatic N) is 5. The molecule has 0 saturated carbocycles. The summed E-state index contributed by atoms with van der Waals surface area (Å²) in [6.45, 7) is 5.41. The van der Waals surface area contributed by atoms with Crippen molar-refractivity contribution in [3.63, 3.8) is 0 Å². The number of nitrogens with one attached hydrogen (secondary N) is 1. The van der Waals surface area contributed by atoms with Crippen molar-refractivity contribution in [3.05, 3.63) is 23.0 Å². The monoisotopic (exact) mass is 306 g/mol. The average molecular weight is 306 g/mol. The van der Waals surface area contributed by atoms with E-state index >= 15 is 0 Å². The van der Waals surface area contributed by atoms with Crippen molar-refractivity contribution >= 4 is 22.5 Å². The Morgan fingerprint density at radius 3 is 3.05 bits per heavy atom. The molecule has 0 unspecified atom stereocenters. The molecular weight excluding hydrogens is 288 g/mol. The van der Waals surface area contributed by atoms with Gasteiger partial charge < -0.3 is 4.90 Å². The number of likely N-dealkylation sites (tertiary alicyclic amines) is 1. The third kappa shape index (κ3) is 3.05. The number of hydrogen-bond acceptors (Lipinski definition) is 5. The third-order valence-corrected chi connectivity index (χ3v) is 4.74. The number of urea groups is 1. The highest BCUT2D eigenvalue weighted by Gasteiger charge is 2.29. The summed E-state index contributed by atoms with van der Waals surface area (Å²) in [6.07, 6.45) is 5.48. The second kappa shape index (κ2) is 5.80. The minimum Gasteiger partial charge on any atom is -0.320 e. The first-order valence-electron chi connectivity index (χ1n) is 6.99. The van der Waals surface area contributed by atoms with Gasteiger partial charge >= 0.3 is 6.03 Å². The first kappa shape index (κ1) is 14.0. The van der Waals surface area contributed by atoms with E-state index in [1.54, 1.807) is 10.9 Å². The molecule has 1 atom stereocenters. The fourth-order valence-electron chi connectivity index (χ4n) is 2.53. The predicted octanol–water partition coefficient (Wildman–Crippen LogP) is 2.05. The van der Waals surface area contributed by atoms with E-state index in [1.165, 1.54) is 11.3 Å². The number of aromatic nitrogens is 4. The summed E-state index contributed by atoms with van der Waals surface area (Å²) in [5.74, 6) is 0. The number of carbonyl (C=O) groups is 1. The second-order valence-corrected chi connectivity index (χ2v) is 6.41. The van der Waals surface area contributed by atoms with Crippen LogP contribution >= 0.6 is 11.3 Å². The molecule has 0 aliphatic carbocycles. The van der Waals surface area contributed by atoms with Crippen LogP contribution in [-0.4, -0.2) is 43.5 Å². The normalized spacial score (nSPS) is 18.2. The van der Waals surface area contributed by atoms with Crippen LogP contribution in [0.1, 0.15) is 23.4 Å². The smallest absolute Gasteiger partial charge is 0.320 e. The lowest BCUT2D eigenvalue weighted by Crippen LogP contribution is -2.40. The Labute approximate surface area is 127 Å². The molecule has 1 aliphatic rings. The molecule has 3 heterocycles. The van der Waals surface area contributed by atoms with Crippen molar-refractivity contribution < 1.29 is 4.79 Å². The summed E-state index contributed by atoms with van der Waals surface area (Å²) in [5.41, 5.74) is 0.968. The summed E-state index contributed by atoms with van der Waals surface area (Å²) in [7, 11) is 0. The lowest BCUT2D eigenvalue weighted by atomic mass is 10.2. The minimum atomic E-state index is -0.0774. The average Bonchev–Trinajstić information content (AvgIpc) is 3.14. The number of carbonyl (C=O) groups excluding carboxylic acids is 1. The molecule has 2 amide bonds. The Morgan fingerprint density at radius 1 is 1.52 bits per heavy atom. The molecule has 0 spiro atoms. The Morgan fingerprint density at radius 2 is 2.38 bits per heavy atom. The number of amides is 2. The zero-order valence-electron chi connectivity index (χ0n) is 12.1. The maximum Gasteiger partial charge on any atom is 0.323 e. The molecule has 3 rings (SSSR count). The summed E-state index contributed by atoms with van der Waals surface area (Å²) in [6, 6.07) is 0.0835. The van der Waals surface area contributed by atoms with Gasteiger partial charge in [-0.1, -0.05) is 5.21 Å². The lowest BCUT2D eigenvalue weighted by Gasteiger charge is -2.24. The first-order valence-corrected chi connectivity index (χ1v) is 7.81. The number of anilines is 1. The highest BCUT2D eigenvalue weighted by atomic mass is 32.1. The Kier molecular flexibility index (Phi) is 3.87. The molecule has 21 heavy (non-hydrogen) atoms. The third-order valence-electron chi connectivity index (χ3n) is 3.75. The Balaban J connectivity index is 1.65. The van der Waals surface area contributed by atoms with E-state index in [4.69, 9.17) is 0 Å². The fourth-order valence-corrected chi connectivity index (χ4v) is 3.33. The van der Waals surface area contributed by atoms with Crippen molar-refractivity contribution in [1.29, 1.82) is 0 Å². The van der Waals surface area contributed by atoms with Crippen LogP contribution in [0.4, 0.5) is 9.93 Å². The molecule has 0 radical (unpaired) electrons. The highest BCUT2D eigenvalue weighted by Crippen LogP contribution is 2.24. The molecule has 0 bridgehead atoms. The highest BCUT2D eigenvalue weighted by molar-refractivity contribution is 7.15. The van der Waals surface area contributed by atoms with E-state index in [0.717, 1.165) is 30.0 Å². The van der Waals surface area contributed by atoms with E-state index in [-0.39, 0.29) is 12.1 Å². The molecule has 1 N–H and O–H groups in total. The lowest BCUT2D eigenvalue weighted by molar-refractivity contribution is 0.199. The summed E-state index contributed by atoms with van der Waals surface area (Å²) >= 11 is 1.51. The van der Waals surface area contributed by atoms with Crippen molar-refractivity contribution in [1.82, 2.24) is 24.9 Å². The Hall–Kier alpha value is -1.96. The molecule has 112 valence electrons. The van der Waals surface area contributed by atoms with Gasteiger partial charge in [0.2, 0.25) is 0 Å². The Bertz CT molecular complexity index is 603. The number of aryl methyl sites for hydroxylation is 2. The van der Waals surface area contributed by atoms with Gasteiger partial charge in [0.05, 0.1) is 24.5 Å². The number of thiazole rings is 1. The van der Waals surface area contributed by atoms with Crippen molar-refractivity contribution in [2.45, 2.75) is 39.3 Å². The number of hydrogen-bond donors (Lipinski definition) is 1. The van der Waals surface area contributed by atoms with E-state index in [9.17, 15) is 4.79 Å². The van der Waals surface area contributed by atoms with Crippen LogP contribution in [0.5, 0.6) is 0 Å². The van der Waals surface area contributed by atoms with Gasteiger partial charge in [-0.25, -0.2) is 9.78 Å². The minimum absolute atomic E-state index is 0.0774. The van der Waals surface area contributed by atoms with Crippen LogP contribution in [0.2, 0.25) is 0 Å². The molecule has 2 aromatic heterocycles. The molecule has 7 nitrogen and oxygen atoms in total. The van der Waals surface area contributed by atoms with Crippen LogP contribution in [0.25, 0.3) is 0 Å². The summed E-state index contributed by atoms with van der Waals surface area (Å²) in [5, 5.41) is 11.3. The van der Waals surface area contributed by atoms with E-state index in [0.29, 0.717) is 11.7 Å². The molecule has 0 aromatic carbocycles. The summed E-state index contributed by atoms with van der Waals surface area (Å²) in [4.78, 5) is 19.8. The predicted molar refractivity (Wildman–Crippen MR) is 80.4 cm³/mol. The largest absolute Gasteiger partial charge is 0.323 e.